The van der Waals surface area contributed by atoms with Crippen LogP contribution in [0.15, 0.2) is 35.7 Å². The minimum Gasteiger partial charge on any atom is -0.444 e. The van der Waals surface area contributed by atoms with E-state index in [0.717, 1.165) is 16.0 Å². The highest BCUT2D eigenvalue weighted by atomic mass is 32.1. The Morgan fingerprint density at radius 2 is 1.87 bits per heavy atom. The second kappa shape index (κ2) is 12.3. The molecule has 0 unspecified atom stereocenters. The quantitative estimate of drug-likeness (QED) is 0.319. The molecule has 208 valence electrons. The number of aromatic nitrogens is 1. The highest BCUT2D eigenvalue weighted by Gasteiger charge is 2.31. The van der Waals surface area contributed by atoms with Gasteiger partial charge in [0.2, 0.25) is 5.91 Å². The summed E-state index contributed by atoms with van der Waals surface area (Å²) in [7, 11) is 0. The summed E-state index contributed by atoms with van der Waals surface area (Å²) in [5, 5.41) is 12.3. The van der Waals surface area contributed by atoms with Crippen molar-refractivity contribution in [2.24, 2.45) is 0 Å². The Kier molecular flexibility index (Phi) is 9.04. The molecule has 0 fully saturated rings. The monoisotopic (exact) mass is 569 g/mol. The fraction of sp³-hybridized carbons (Fsp3) is 0.429. The Morgan fingerprint density at radius 1 is 1.13 bits per heavy atom. The summed E-state index contributed by atoms with van der Waals surface area (Å²) >= 11 is 2.81. The molecule has 0 radical (unpaired) electrons. The van der Waals surface area contributed by atoms with Crippen molar-refractivity contribution >= 4 is 51.3 Å². The molecule has 11 heteroatoms. The number of hydrogen-bond acceptors (Lipinski definition) is 8. The van der Waals surface area contributed by atoms with E-state index in [1.807, 2.05) is 65.0 Å². The fourth-order valence-electron chi connectivity index (χ4n) is 4.07. The van der Waals surface area contributed by atoms with Crippen LogP contribution in [0.5, 0.6) is 0 Å². The normalized spacial score (nSPS) is 13.2. The zero-order valence-corrected chi connectivity index (χ0v) is 24.6. The summed E-state index contributed by atoms with van der Waals surface area (Å²) in [6.45, 7) is 11.1. The van der Waals surface area contributed by atoms with E-state index in [0.29, 0.717) is 53.9 Å². The lowest BCUT2D eigenvalue weighted by Crippen LogP contribution is -2.39. The predicted octanol–water partition coefficient (Wildman–Crippen LogP) is 5.74. The van der Waals surface area contributed by atoms with E-state index in [9.17, 15) is 14.4 Å². The number of nitrogens with one attached hydrogen (secondary N) is 3. The number of thiophene rings is 1. The number of anilines is 2. The van der Waals surface area contributed by atoms with Crippen LogP contribution in [0.3, 0.4) is 0 Å². The van der Waals surface area contributed by atoms with E-state index in [-0.39, 0.29) is 23.9 Å². The number of benzene rings is 1. The van der Waals surface area contributed by atoms with Gasteiger partial charge in [-0.3, -0.25) is 9.59 Å². The van der Waals surface area contributed by atoms with E-state index >= 15 is 0 Å². The van der Waals surface area contributed by atoms with E-state index < -0.39 is 5.60 Å². The second-order valence-corrected chi connectivity index (χ2v) is 12.6. The first-order valence-electron chi connectivity index (χ1n) is 13.0. The Balaban J connectivity index is 1.59. The summed E-state index contributed by atoms with van der Waals surface area (Å²) in [6, 6.07) is 9.52. The van der Waals surface area contributed by atoms with Gasteiger partial charge in [-0.1, -0.05) is 32.0 Å². The van der Waals surface area contributed by atoms with Crippen LogP contribution in [-0.4, -0.2) is 52.5 Å². The Hall–Kier alpha value is -3.28. The third-order valence-electron chi connectivity index (χ3n) is 5.85. The molecule has 3 amide bonds. The summed E-state index contributed by atoms with van der Waals surface area (Å²) in [5.41, 5.74) is 2.28. The molecule has 2 aromatic heterocycles. The van der Waals surface area contributed by atoms with Gasteiger partial charge in [-0.15, -0.1) is 22.7 Å². The summed E-state index contributed by atoms with van der Waals surface area (Å²) in [6.07, 6.45) is 0.561. The first-order valence-corrected chi connectivity index (χ1v) is 14.7. The maximum atomic E-state index is 12.9. The van der Waals surface area contributed by atoms with Gasteiger partial charge in [0.1, 0.15) is 21.3 Å². The molecule has 9 nitrogen and oxygen atoms in total. The number of para-hydroxylation sites is 1. The maximum absolute atomic E-state index is 12.9. The van der Waals surface area contributed by atoms with Gasteiger partial charge in [-0.2, -0.15) is 0 Å². The zero-order chi connectivity index (χ0) is 28.2. The Bertz CT molecular complexity index is 1330. The van der Waals surface area contributed by atoms with Crippen molar-refractivity contribution in [3.8, 4) is 10.6 Å². The van der Waals surface area contributed by atoms with Crippen LogP contribution in [0.2, 0.25) is 0 Å². The molecule has 3 N–H and O–H groups in total. The molecule has 1 aliphatic rings. The van der Waals surface area contributed by atoms with Gasteiger partial charge in [0, 0.05) is 47.1 Å². The van der Waals surface area contributed by atoms with Crippen molar-refractivity contribution in [3.05, 3.63) is 51.8 Å². The van der Waals surface area contributed by atoms with E-state index in [1.165, 1.54) is 22.7 Å². The van der Waals surface area contributed by atoms with Crippen LogP contribution in [0.1, 0.15) is 62.0 Å². The molecule has 3 aromatic rings. The fourth-order valence-corrected chi connectivity index (χ4v) is 6.30. The SMILES string of the molecule is CC(C)NCCC(=O)Nc1sc2c(c1-c1nc(C(=O)Nc3ccccc3)cs1)CCN(C(=O)OC(C)(C)C)C2. The average Bonchev–Trinajstić information content (AvgIpc) is 3.47. The molecule has 0 spiro atoms. The Labute approximate surface area is 237 Å². The smallest absolute Gasteiger partial charge is 0.410 e. The first kappa shape index (κ1) is 28.7. The average molecular weight is 570 g/mol. The molecule has 1 aliphatic heterocycles. The van der Waals surface area contributed by atoms with Gasteiger partial charge < -0.3 is 25.6 Å². The Morgan fingerprint density at radius 3 is 2.56 bits per heavy atom. The van der Waals surface area contributed by atoms with E-state index in [4.69, 9.17) is 4.74 Å². The zero-order valence-electron chi connectivity index (χ0n) is 22.9. The highest BCUT2D eigenvalue weighted by Crippen LogP contribution is 2.44. The van der Waals surface area contributed by atoms with E-state index in [1.54, 1.807) is 10.3 Å². The van der Waals surface area contributed by atoms with Crippen molar-refractivity contribution in [2.45, 2.75) is 65.6 Å². The van der Waals surface area contributed by atoms with Gasteiger partial charge in [0.05, 0.1) is 6.54 Å². The van der Waals surface area contributed by atoms with Crippen molar-refractivity contribution < 1.29 is 19.1 Å². The highest BCUT2D eigenvalue weighted by molar-refractivity contribution is 7.18. The van der Waals surface area contributed by atoms with Gasteiger partial charge in [-0.05, 0) is 44.9 Å². The largest absolute Gasteiger partial charge is 0.444 e. The predicted molar refractivity (Wildman–Crippen MR) is 157 cm³/mol. The lowest BCUT2D eigenvalue weighted by molar-refractivity contribution is -0.116. The summed E-state index contributed by atoms with van der Waals surface area (Å²) < 4.78 is 5.58. The third-order valence-corrected chi connectivity index (χ3v) is 7.84. The first-order chi connectivity index (χ1) is 18.5. The summed E-state index contributed by atoms with van der Waals surface area (Å²) in [5.74, 6) is -0.403. The van der Waals surface area contributed by atoms with Crippen molar-refractivity contribution in [1.82, 2.24) is 15.2 Å². The van der Waals surface area contributed by atoms with Crippen LogP contribution in [-0.2, 0) is 22.5 Å². The molecule has 0 aliphatic carbocycles. The number of hydrogen-bond donors (Lipinski definition) is 3. The van der Waals surface area contributed by atoms with Crippen molar-refractivity contribution in [3.63, 3.8) is 0 Å². The van der Waals surface area contributed by atoms with Gasteiger partial charge in [0.15, 0.2) is 0 Å². The molecule has 1 aromatic carbocycles. The van der Waals surface area contributed by atoms with Crippen molar-refractivity contribution in [2.75, 3.05) is 23.7 Å². The van der Waals surface area contributed by atoms with E-state index in [2.05, 4.69) is 20.9 Å². The molecule has 0 saturated heterocycles. The number of carbonyl (C=O) groups is 3. The van der Waals surface area contributed by atoms with Crippen LogP contribution in [0.4, 0.5) is 15.5 Å². The maximum Gasteiger partial charge on any atom is 0.410 e. The number of ether oxygens (including phenoxy) is 1. The number of rotatable bonds is 8. The minimum atomic E-state index is -0.585. The topological polar surface area (TPSA) is 113 Å². The molecular formula is C28H35N5O4S2. The number of thiazole rings is 1. The van der Waals surface area contributed by atoms with Gasteiger partial charge >= 0.3 is 6.09 Å². The molecule has 0 atom stereocenters. The minimum absolute atomic E-state index is 0.106. The van der Waals surface area contributed by atoms with Crippen LogP contribution >= 0.6 is 22.7 Å². The molecule has 0 bridgehead atoms. The lowest BCUT2D eigenvalue weighted by Gasteiger charge is -2.30. The number of amides is 3. The summed E-state index contributed by atoms with van der Waals surface area (Å²) in [4.78, 5) is 45.7. The van der Waals surface area contributed by atoms with Crippen LogP contribution < -0.4 is 16.0 Å². The van der Waals surface area contributed by atoms with Gasteiger partial charge in [0.25, 0.3) is 5.91 Å². The molecule has 3 heterocycles. The molecule has 4 rings (SSSR count). The third kappa shape index (κ3) is 7.65. The standard InChI is InChI=1S/C28H35N5O4S2/c1-17(2)29-13-11-22(34)32-26-23(19-12-14-33(15-21(19)39-26)27(36)37-28(3,4)5)25-31-20(16-38-25)24(35)30-18-9-7-6-8-10-18/h6-10,16-17,29H,11-15H2,1-5H3,(H,30,35)(H,32,34). The number of fused-ring (bicyclic) bond motifs is 1. The van der Waals surface area contributed by atoms with Crippen molar-refractivity contribution in [1.29, 1.82) is 0 Å². The molecular weight excluding hydrogens is 534 g/mol. The number of carbonyl (C=O) groups excluding carboxylic acids is 3. The van der Waals surface area contributed by atoms with Crippen LogP contribution in [0.25, 0.3) is 10.6 Å². The molecule has 0 saturated carbocycles. The lowest BCUT2D eigenvalue weighted by atomic mass is 10.0. The second-order valence-electron chi connectivity index (χ2n) is 10.6. The molecule has 39 heavy (non-hydrogen) atoms. The van der Waals surface area contributed by atoms with Gasteiger partial charge in [-0.25, -0.2) is 9.78 Å². The van der Waals surface area contributed by atoms with Crippen LogP contribution in [0, 0.1) is 0 Å². The number of nitrogens with zero attached hydrogens (tertiary/aromatic N) is 2.